The highest BCUT2D eigenvalue weighted by molar-refractivity contribution is 6.27. The monoisotopic (exact) mass is 644 g/mol. The Bertz CT molecular complexity index is 4000. The fraction of sp³-hybridized carbons (Fsp3) is 0. The first-order valence-corrected chi connectivity index (χ1v) is 15.1. The molecule has 10 aromatic rings. The van der Waals surface area contributed by atoms with E-state index in [9.17, 15) is 8.22 Å². The first-order valence-electron chi connectivity index (χ1n) is 26.1. The van der Waals surface area contributed by atoms with Gasteiger partial charge in [-0.3, -0.25) is 0 Å². The van der Waals surface area contributed by atoms with Gasteiger partial charge in [0.25, 0.3) is 0 Å². The fourth-order valence-electron chi connectivity index (χ4n) is 6.32. The van der Waals surface area contributed by atoms with Gasteiger partial charge in [-0.25, -0.2) is 0 Å². The van der Waals surface area contributed by atoms with Crippen molar-refractivity contribution in [3.8, 4) is 44.5 Å². The fourth-order valence-corrected chi connectivity index (χ4v) is 6.32. The van der Waals surface area contributed by atoms with Crippen LogP contribution in [0.4, 0.5) is 0 Å². The van der Waals surface area contributed by atoms with Crippen molar-refractivity contribution in [2.45, 2.75) is 0 Å². The molecular weight excluding hydrogens is 593 g/mol. The maximum absolute atomic E-state index is 9.51. The highest BCUT2D eigenvalue weighted by atomic mass is 16.3. The number of hydrogen-bond acceptors (Lipinski definition) is 1. The van der Waals surface area contributed by atoms with Crippen molar-refractivity contribution in [1.29, 1.82) is 0 Å². The smallest absolute Gasteiger partial charge is 0.143 e. The molecule has 0 N–H and O–H groups in total. The normalized spacial score (nSPS) is 18.0. The van der Waals surface area contributed by atoms with Gasteiger partial charge in [-0.1, -0.05) is 169 Å². The molecule has 0 saturated heterocycles. The van der Waals surface area contributed by atoms with E-state index >= 15 is 0 Å². The van der Waals surface area contributed by atoms with Gasteiger partial charge in [-0.05, 0) is 83.5 Å². The number of rotatable bonds is 4. The summed E-state index contributed by atoms with van der Waals surface area (Å²) in [4.78, 5) is 0. The zero-order valence-electron chi connectivity index (χ0n) is 47.0. The van der Waals surface area contributed by atoms with Gasteiger partial charge in [0, 0.05) is 16.2 Å². The average molecular weight is 645 g/mol. The quantitative estimate of drug-likeness (QED) is 0.174. The molecule has 10 rings (SSSR count). The molecule has 0 aliphatic rings. The van der Waals surface area contributed by atoms with E-state index in [1.54, 1.807) is 48.5 Å². The van der Waals surface area contributed by atoms with E-state index in [0.717, 1.165) is 0 Å². The van der Waals surface area contributed by atoms with E-state index in [2.05, 4.69) is 0 Å². The third-order valence-corrected chi connectivity index (χ3v) is 8.43. The molecule has 0 saturated carbocycles. The van der Waals surface area contributed by atoms with Crippen LogP contribution in [0.3, 0.4) is 0 Å². The molecule has 0 bridgehead atoms. The standard InChI is InChI=1S/C48H30O/c1-2-11-31(12-3-1)32-21-23-33(24-22-32)34-25-27-36(28-26-34)45-38-15-6-8-17-40(38)46(41-18-9-7-16-39(41)45)42-19-10-20-44-47(42)43-30-29-35-13-4-5-14-37(35)48(43)49-44/h1-30H/i1D,2D,3D,4D,5D,10D,11D,12D,13D,14D,19D,20D,21D,22D,23D,24D,25D,26D,27D,28D,29D,30D. The number of furan rings is 1. The van der Waals surface area contributed by atoms with Crippen molar-refractivity contribution < 1.29 is 34.6 Å². The third kappa shape index (κ3) is 4.40. The summed E-state index contributed by atoms with van der Waals surface area (Å²) < 4.78 is 201. The van der Waals surface area contributed by atoms with E-state index in [0.29, 0.717) is 10.8 Å². The van der Waals surface area contributed by atoms with Crippen LogP contribution in [0.15, 0.2) is 186 Å². The predicted octanol–water partition coefficient (Wildman–Crippen LogP) is 13.7. The minimum absolute atomic E-state index is 0.0444. The summed E-state index contributed by atoms with van der Waals surface area (Å²) in [7, 11) is 0. The van der Waals surface area contributed by atoms with E-state index in [1.807, 2.05) is 0 Å². The van der Waals surface area contributed by atoms with Crippen molar-refractivity contribution in [2.75, 3.05) is 0 Å². The van der Waals surface area contributed by atoms with Crippen LogP contribution in [0.2, 0.25) is 0 Å². The molecule has 0 unspecified atom stereocenters. The zero-order valence-corrected chi connectivity index (χ0v) is 25.0. The van der Waals surface area contributed by atoms with Crippen molar-refractivity contribution in [3.63, 3.8) is 0 Å². The van der Waals surface area contributed by atoms with Gasteiger partial charge in [0.15, 0.2) is 0 Å². The Morgan fingerprint density at radius 2 is 0.898 bits per heavy atom. The molecule has 0 radical (unpaired) electrons. The van der Waals surface area contributed by atoms with Crippen molar-refractivity contribution in [1.82, 2.24) is 0 Å². The van der Waals surface area contributed by atoms with Gasteiger partial charge in [0.05, 0.1) is 30.2 Å². The van der Waals surface area contributed by atoms with Crippen molar-refractivity contribution >= 4 is 54.3 Å². The molecule has 0 amide bonds. The summed E-state index contributed by atoms with van der Waals surface area (Å²) in [5.41, 5.74) is -2.95. The average Bonchev–Trinajstić information content (AvgIpc) is 3.75. The Kier molecular flexibility index (Phi) is 3.07. The van der Waals surface area contributed by atoms with Gasteiger partial charge in [-0.2, -0.15) is 0 Å². The highest BCUT2D eigenvalue weighted by Crippen LogP contribution is 2.47. The molecule has 1 nitrogen and oxygen atoms in total. The van der Waals surface area contributed by atoms with Crippen molar-refractivity contribution in [3.05, 3.63) is 181 Å². The maximum atomic E-state index is 9.51. The summed E-state index contributed by atoms with van der Waals surface area (Å²) in [6, 6.07) is -2.27. The van der Waals surface area contributed by atoms with Crippen LogP contribution < -0.4 is 0 Å². The molecule has 49 heavy (non-hydrogen) atoms. The lowest BCUT2D eigenvalue weighted by atomic mass is 9.84. The summed E-state index contributed by atoms with van der Waals surface area (Å²) in [5.74, 6) is 0. The Balaban J connectivity index is 1.29. The number of benzene rings is 9. The first kappa shape index (κ1) is 13.6. The summed E-state index contributed by atoms with van der Waals surface area (Å²) in [5, 5.41) is 0.453. The third-order valence-electron chi connectivity index (χ3n) is 8.43. The van der Waals surface area contributed by atoms with Gasteiger partial charge in [0.2, 0.25) is 0 Å². The topological polar surface area (TPSA) is 13.1 Å². The Labute approximate surface area is 315 Å². The van der Waals surface area contributed by atoms with Crippen LogP contribution in [-0.2, 0) is 0 Å². The lowest BCUT2D eigenvalue weighted by Gasteiger charge is -2.18. The molecule has 0 aliphatic carbocycles. The van der Waals surface area contributed by atoms with E-state index < -0.39 is 155 Å². The second-order valence-corrected chi connectivity index (χ2v) is 11.1. The van der Waals surface area contributed by atoms with Crippen LogP contribution in [0.25, 0.3) is 98.8 Å². The van der Waals surface area contributed by atoms with Gasteiger partial charge in [-0.15, -0.1) is 0 Å². The van der Waals surface area contributed by atoms with Crippen LogP contribution in [-0.4, -0.2) is 0 Å². The molecule has 0 fully saturated rings. The Hall–Kier alpha value is -6.44. The number of fused-ring (bicyclic) bond motifs is 7. The van der Waals surface area contributed by atoms with Gasteiger partial charge >= 0.3 is 0 Å². The summed E-state index contributed by atoms with van der Waals surface area (Å²) in [6.45, 7) is 0. The van der Waals surface area contributed by atoms with E-state index in [4.69, 9.17) is 26.3 Å². The largest absolute Gasteiger partial charge is 0.455 e. The van der Waals surface area contributed by atoms with Gasteiger partial charge in [0.1, 0.15) is 11.2 Å². The van der Waals surface area contributed by atoms with Gasteiger partial charge < -0.3 is 4.42 Å². The summed E-state index contributed by atoms with van der Waals surface area (Å²) >= 11 is 0. The predicted molar refractivity (Wildman–Crippen MR) is 208 cm³/mol. The molecule has 0 atom stereocenters. The number of hydrogen-bond donors (Lipinski definition) is 0. The van der Waals surface area contributed by atoms with E-state index in [-0.39, 0.29) is 65.7 Å². The van der Waals surface area contributed by atoms with E-state index in [1.165, 1.54) is 0 Å². The Morgan fingerprint density at radius 3 is 1.53 bits per heavy atom. The molecule has 9 aromatic carbocycles. The SMILES string of the molecule is [2H]c1c([2H])c([2H])c(-c2c([2H])c([2H])c(-c3c([2H])c([2H])c(-c4c5ccccc5c(-c5c([2H])c([2H])c([2H])c6oc7c8c([2H])c([2H])c([2H])c([2H])c8c([2H])c([2H])c7c56)c5ccccc45)c([2H])c3[2H])c([2H])c2[2H])c([2H])c1[2H]. The molecule has 0 aliphatic heterocycles. The molecular formula is C48H30O. The van der Waals surface area contributed by atoms with Crippen LogP contribution >= 0.6 is 0 Å². The second-order valence-electron chi connectivity index (χ2n) is 11.1. The first-order chi connectivity index (χ1) is 33.5. The van der Waals surface area contributed by atoms with Crippen LogP contribution in [0.1, 0.15) is 30.2 Å². The molecule has 1 heterocycles. The molecule has 1 aromatic heterocycles. The lowest BCUT2D eigenvalue weighted by molar-refractivity contribution is 0.673. The molecule has 228 valence electrons. The lowest BCUT2D eigenvalue weighted by Crippen LogP contribution is -1.91. The maximum Gasteiger partial charge on any atom is 0.143 e. The van der Waals surface area contributed by atoms with Crippen LogP contribution in [0, 0.1) is 0 Å². The molecule has 0 spiro atoms. The summed E-state index contributed by atoms with van der Waals surface area (Å²) in [6.07, 6.45) is 0. The van der Waals surface area contributed by atoms with Crippen LogP contribution in [0.5, 0.6) is 0 Å². The molecule has 1 heteroatoms. The Morgan fingerprint density at radius 1 is 0.367 bits per heavy atom. The minimum atomic E-state index is -0.861. The van der Waals surface area contributed by atoms with Crippen molar-refractivity contribution in [2.24, 2.45) is 0 Å². The second kappa shape index (κ2) is 11.1. The zero-order chi connectivity index (χ0) is 51.5. The minimum Gasteiger partial charge on any atom is -0.455 e. The highest BCUT2D eigenvalue weighted by Gasteiger charge is 2.20.